The maximum atomic E-state index is 13.0. The Morgan fingerprint density at radius 2 is 2.38 bits per heavy atom. The molecule has 0 radical (unpaired) electrons. The normalized spacial score (nSPS) is 11.0. The van der Waals surface area contributed by atoms with Gasteiger partial charge in [0.05, 0.1) is 18.5 Å². The number of pyridine rings is 1. The maximum absolute atomic E-state index is 13.0. The SMILES string of the molecule is Cc1cc(F)cn2c(CO)cnc12. The second-order valence-electron chi connectivity index (χ2n) is 2.94. The molecule has 0 aromatic carbocycles. The van der Waals surface area contributed by atoms with E-state index in [0.717, 1.165) is 5.56 Å². The Morgan fingerprint density at radius 1 is 1.62 bits per heavy atom. The van der Waals surface area contributed by atoms with Crippen LogP contribution < -0.4 is 0 Å². The molecule has 13 heavy (non-hydrogen) atoms. The molecule has 0 amide bonds. The first-order valence-corrected chi connectivity index (χ1v) is 3.95. The summed E-state index contributed by atoms with van der Waals surface area (Å²) in [5.41, 5.74) is 2.04. The van der Waals surface area contributed by atoms with Crippen LogP contribution in [-0.2, 0) is 6.61 Å². The lowest BCUT2D eigenvalue weighted by molar-refractivity contribution is 0.275. The first kappa shape index (κ1) is 8.19. The highest BCUT2D eigenvalue weighted by Crippen LogP contribution is 2.13. The molecule has 1 N–H and O–H groups in total. The van der Waals surface area contributed by atoms with Crippen molar-refractivity contribution in [2.45, 2.75) is 13.5 Å². The Balaban J connectivity index is 2.82. The van der Waals surface area contributed by atoms with Crippen molar-refractivity contribution in [3.63, 3.8) is 0 Å². The molecule has 2 aromatic heterocycles. The van der Waals surface area contributed by atoms with Crippen LogP contribution in [0.5, 0.6) is 0 Å². The number of aromatic nitrogens is 2. The average molecular weight is 180 g/mol. The van der Waals surface area contributed by atoms with E-state index in [0.29, 0.717) is 11.3 Å². The minimum atomic E-state index is -0.322. The number of hydrogen-bond donors (Lipinski definition) is 1. The zero-order valence-corrected chi connectivity index (χ0v) is 7.16. The van der Waals surface area contributed by atoms with Crippen molar-refractivity contribution in [2.75, 3.05) is 0 Å². The zero-order chi connectivity index (χ0) is 9.42. The summed E-state index contributed by atoms with van der Waals surface area (Å²) in [5, 5.41) is 8.92. The molecule has 0 aliphatic rings. The van der Waals surface area contributed by atoms with E-state index in [2.05, 4.69) is 4.98 Å². The minimum absolute atomic E-state index is 0.135. The van der Waals surface area contributed by atoms with Crippen molar-refractivity contribution in [3.05, 3.63) is 35.5 Å². The molecule has 68 valence electrons. The Hall–Kier alpha value is -1.42. The fraction of sp³-hybridized carbons (Fsp3) is 0.222. The van der Waals surface area contributed by atoms with Gasteiger partial charge in [0, 0.05) is 6.20 Å². The summed E-state index contributed by atoms with van der Waals surface area (Å²) in [5.74, 6) is -0.322. The van der Waals surface area contributed by atoms with Crippen LogP contribution in [0.4, 0.5) is 4.39 Å². The van der Waals surface area contributed by atoms with E-state index >= 15 is 0 Å². The number of hydrogen-bond acceptors (Lipinski definition) is 2. The molecular formula is C9H9FN2O. The van der Waals surface area contributed by atoms with Gasteiger partial charge in [-0.1, -0.05) is 0 Å². The molecule has 2 rings (SSSR count). The van der Waals surface area contributed by atoms with Crippen LogP contribution >= 0.6 is 0 Å². The largest absolute Gasteiger partial charge is 0.390 e. The monoisotopic (exact) mass is 180 g/mol. The molecule has 0 aliphatic heterocycles. The number of halogens is 1. The predicted molar refractivity (Wildman–Crippen MR) is 45.8 cm³/mol. The van der Waals surface area contributed by atoms with Crippen LogP contribution in [0.15, 0.2) is 18.5 Å². The topological polar surface area (TPSA) is 37.5 Å². The van der Waals surface area contributed by atoms with Gasteiger partial charge in [-0.25, -0.2) is 9.37 Å². The summed E-state index contributed by atoms with van der Waals surface area (Å²) in [6.07, 6.45) is 2.86. The Labute approximate surface area is 74.5 Å². The van der Waals surface area contributed by atoms with Gasteiger partial charge in [0.1, 0.15) is 11.5 Å². The van der Waals surface area contributed by atoms with E-state index in [1.54, 1.807) is 17.5 Å². The quantitative estimate of drug-likeness (QED) is 0.717. The molecule has 0 atom stereocenters. The zero-order valence-electron chi connectivity index (χ0n) is 7.16. The van der Waals surface area contributed by atoms with Gasteiger partial charge in [-0.3, -0.25) is 4.40 Å². The molecule has 0 fully saturated rings. The second kappa shape index (κ2) is 2.81. The van der Waals surface area contributed by atoms with Crippen molar-refractivity contribution >= 4 is 5.65 Å². The first-order chi connectivity index (χ1) is 6.22. The third-order valence-electron chi connectivity index (χ3n) is 2.00. The summed E-state index contributed by atoms with van der Waals surface area (Å²) in [7, 11) is 0. The van der Waals surface area contributed by atoms with E-state index in [9.17, 15) is 4.39 Å². The van der Waals surface area contributed by atoms with Crippen LogP contribution in [0, 0.1) is 12.7 Å². The average Bonchev–Trinajstić information content (AvgIpc) is 2.47. The van der Waals surface area contributed by atoms with Crippen LogP contribution in [-0.4, -0.2) is 14.5 Å². The molecule has 0 spiro atoms. The standard InChI is InChI=1S/C9H9FN2O/c1-6-2-7(10)4-12-8(5-13)3-11-9(6)12/h2-4,13H,5H2,1H3. The van der Waals surface area contributed by atoms with Gasteiger partial charge in [-0.05, 0) is 18.6 Å². The molecule has 2 heterocycles. The van der Waals surface area contributed by atoms with Gasteiger partial charge in [-0.2, -0.15) is 0 Å². The van der Waals surface area contributed by atoms with Gasteiger partial charge < -0.3 is 5.11 Å². The number of aliphatic hydroxyl groups is 1. The van der Waals surface area contributed by atoms with E-state index in [1.165, 1.54) is 12.3 Å². The smallest absolute Gasteiger partial charge is 0.140 e. The number of imidazole rings is 1. The van der Waals surface area contributed by atoms with Gasteiger partial charge in [0.2, 0.25) is 0 Å². The van der Waals surface area contributed by atoms with Crippen molar-refractivity contribution in [1.82, 2.24) is 9.38 Å². The third kappa shape index (κ3) is 1.19. The van der Waals surface area contributed by atoms with Gasteiger partial charge in [0.15, 0.2) is 0 Å². The summed E-state index contributed by atoms with van der Waals surface area (Å²) in [6.45, 7) is 1.65. The van der Waals surface area contributed by atoms with Crippen molar-refractivity contribution in [3.8, 4) is 0 Å². The van der Waals surface area contributed by atoms with Crippen LogP contribution in [0.3, 0.4) is 0 Å². The lowest BCUT2D eigenvalue weighted by Crippen LogP contribution is -1.95. The number of rotatable bonds is 1. The summed E-state index contributed by atoms with van der Waals surface area (Å²) < 4.78 is 14.5. The number of nitrogens with zero attached hydrogens (tertiary/aromatic N) is 2. The molecule has 0 bridgehead atoms. The summed E-state index contributed by atoms with van der Waals surface area (Å²) >= 11 is 0. The molecule has 2 aromatic rings. The lowest BCUT2D eigenvalue weighted by Gasteiger charge is -2.00. The van der Waals surface area contributed by atoms with Gasteiger partial charge in [0.25, 0.3) is 0 Å². The molecule has 0 unspecified atom stereocenters. The predicted octanol–water partition coefficient (Wildman–Crippen LogP) is 1.27. The third-order valence-corrected chi connectivity index (χ3v) is 2.00. The highest BCUT2D eigenvalue weighted by atomic mass is 19.1. The minimum Gasteiger partial charge on any atom is -0.390 e. The van der Waals surface area contributed by atoms with Crippen LogP contribution in [0.1, 0.15) is 11.3 Å². The molecule has 0 saturated carbocycles. The van der Waals surface area contributed by atoms with E-state index in [1.807, 2.05) is 0 Å². The Kier molecular flexibility index (Phi) is 1.77. The van der Waals surface area contributed by atoms with Crippen molar-refractivity contribution < 1.29 is 9.50 Å². The highest BCUT2D eigenvalue weighted by molar-refractivity contribution is 5.48. The number of fused-ring (bicyclic) bond motifs is 1. The van der Waals surface area contributed by atoms with Gasteiger partial charge >= 0.3 is 0 Å². The summed E-state index contributed by atoms with van der Waals surface area (Å²) in [6, 6.07) is 1.42. The van der Waals surface area contributed by atoms with Gasteiger partial charge in [-0.15, -0.1) is 0 Å². The number of aryl methyl sites for hydroxylation is 1. The fourth-order valence-electron chi connectivity index (χ4n) is 1.38. The molecule has 4 heteroatoms. The second-order valence-corrected chi connectivity index (χ2v) is 2.94. The molecule has 3 nitrogen and oxygen atoms in total. The van der Waals surface area contributed by atoms with Crippen molar-refractivity contribution in [1.29, 1.82) is 0 Å². The first-order valence-electron chi connectivity index (χ1n) is 3.95. The molecular weight excluding hydrogens is 171 g/mol. The lowest BCUT2D eigenvalue weighted by atomic mass is 10.3. The van der Waals surface area contributed by atoms with E-state index in [-0.39, 0.29) is 12.4 Å². The maximum Gasteiger partial charge on any atom is 0.140 e. The van der Waals surface area contributed by atoms with Crippen LogP contribution in [0.2, 0.25) is 0 Å². The molecule has 0 saturated heterocycles. The van der Waals surface area contributed by atoms with E-state index in [4.69, 9.17) is 5.11 Å². The van der Waals surface area contributed by atoms with Crippen molar-refractivity contribution in [2.24, 2.45) is 0 Å². The Morgan fingerprint density at radius 3 is 3.08 bits per heavy atom. The fourth-order valence-corrected chi connectivity index (χ4v) is 1.38. The number of aliphatic hydroxyl groups excluding tert-OH is 1. The summed E-state index contributed by atoms with van der Waals surface area (Å²) in [4.78, 5) is 4.07. The highest BCUT2D eigenvalue weighted by Gasteiger charge is 2.05. The Bertz CT molecular complexity index is 450. The molecule has 0 aliphatic carbocycles. The van der Waals surface area contributed by atoms with E-state index < -0.39 is 0 Å². The van der Waals surface area contributed by atoms with Crippen LogP contribution in [0.25, 0.3) is 5.65 Å².